The Morgan fingerprint density at radius 2 is 2.28 bits per heavy atom. The van der Waals surface area contributed by atoms with Gasteiger partial charge in [0.15, 0.2) is 9.84 Å². The number of hydrogen-bond donors (Lipinski definition) is 0. The van der Waals surface area contributed by atoms with Gasteiger partial charge in [-0.25, -0.2) is 17.2 Å². The standard InChI is InChI=1S/C10H13BrF2N2O2S/c1-10(2-3-18(16,17)6-10)15-8(9(12)13)7(4-11)5-14-15/h5,9H,2-4,6H2,1H3. The van der Waals surface area contributed by atoms with Crippen LogP contribution in [-0.4, -0.2) is 29.7 Å². The minimum Gasteiger partial charge on any atom is -0.257 e. The second kappa shape index (κ2) is 4.56. The summed E-state index contributed by atoms with van der Waals surface area (Å²) in [5.74, 6) is -0.112. The molecule has 0 aliphatic carbocycles. The number of halogens is 3. The van der Waals surface area contributed by atoms with Gasteiger partial charge in [-0.3, -0.25) is 4.68 Å². The summed E-state index contributed by atoms with van der Waals surface area (Å²) in [6, 6.07) is 0. The van der Waals surface area contributed by atoms with Gasteiger partial charge in [0.2, 0.25) is 0 Å². The molecule has 1 unspecified atom stereocenters. The lowest BCUT2D eigenvalue weighted by molar-refractivity contribution is 0.127. The van der Waals surface area contributed by atoms with Crippen molar-refractivity contribution in [2.24, 2.45) is 0 Å². The van der Waals surface area contributed by atoms with Crippen LogP contribution in [0.15, 0.2) is 6.20 Å². The van der Waals surface area contributed by atoms with Gasteiger partial charge in [0.05, 0.1) is 23.2 Å². The summed E-state index contributed by atoms with van der Waals surface area (Å²) in [7, 11) is -3.16. The van der Waals surface area contributed by atoms with E-state index >= 15 is 0 Å². The van der Waals surface area contributed by atoms with Crippen molar-refractivity contribution in [1.29, 1.82) is 0 Å². The minimum atomic E-state index is -3.16. The molecule has 0 aromatic carbocycles. The average molecular weight is 343 g/mol. The summed E-state index contributed by atoms with van der Waals surface area (Å²) < 4.78 is 50.5. The zero-order valence-corrected chi connectivity index (χ0v) is 12.1. The summed E-state index contributed by atoms with van der Waals surface area (Å²) >= 11 is 3.13. The topological polar surface area (TPSA) is 52.0 Å². The van der Waals surface area contributed by atoms with E-state index < -0.39 is 21.8 Å². The van der Waals surface area contributed by atoms with Crippen LogP contribution in [0.2, 0.25) is 0 Å². The van der Waals surface area contributed by atoms with Gasteiger partial charge in [-0.15, -0.1) is 0 Å². The van der Waals surface area contributed by atoms with Crippen LogP contribution >= 0.6 is 15.9 Å². The summed E-state index contributed by atoms with van der Waals surface area (Å²) in [6.45, 7) is 1.66. The second-order valence-corrected chi connectivity index (χ2v) is 7.48. The fourth-order valence-electron chi connectivity index (χ4n) is 2.32. The van der Waals surface area contributed by atoms with Crippen molar-refractivity contribution in [3.05, 3.63) is 17.5 Å². The molecule has 1 aromatic rings. The predicted octanol–water partition coefficient (Wildman–Crippen LogP) is 2.25. The molecule has 0 bridgehead atoms. The summed E-state index contributed by atoms with van der Waals surface area (Å²) in [4.78, 5) is 0. The smallest absolute Gasteiger partial charge is 0.257 e. The molecule has 102 valence electrons. The molecule has 1 aliphatic rings. The number of rotatable bonds is 3. The van der Waals surface area contributed by atoms with Crippen LogP contribution in [0.1, 0.15) is 31.0 Å². The predicted molar refractivity (Wildman–Crippen MR) is 66.7 cm³/mol. The Labute approximate surface area is 112 Å². The van der Waals surface area contributed by atoms with E-state index in [9.17, 15) is 17.2 Å². The molecular weight excluding hydrogens is 330 g/mol. The fourth-order valence-corrected chi connectivity index (χ4v) is 4.86. The molecule has 2 heterocycles. The quantitative estimate of drug-likeness (QED) is 0.791. The Balaban J connectivity index is 2.49. The van der Waals surface area contributed by atoms with E-state index in [1.54, 1.807) is 6.92 Å². The largest absolute Gasteiger partial charge is 0.280 e. The Morgan fingerprint density at radius 3 is 2.72 bits per heavy atom. The average Bonchev–Trinajstić information content (AvgIpc) is 2.80. The van der Waals surface area contributed by atoms with Gasteiger partial charge in [-0.1, -0.05) is 15.9 Å². The van der Waals surface area contributed by atoms with Crippen LogP contribution in [0.25, 0.3) is 0 Å². The van der Waals surface area contributed by atoms with Gasteiger partial charge in [0, 0.05) is 10.9 Å². The zero-order chi connectivity index (χ0) is 13.6. The molecule has 1 atom stereocenters. The minimum absolute atomic E-state index is 0.0235. The molecule has 18 heavy (non-hydrogen) atoms. The van der Waals surface area contributed by atoms with Crippen LogP contribution in [0, 0.1) is 0 Å². The first-order valence-electron chi connectivity index (χ1n) is 5.41. The van der Waals surface area contributed by atoms with E-state index in [0.717, 1.165) is 0 Å². The van der Waals surface area contributed by atoms with Crippen molar-refractivity contribution in [3.63, 3.8) is 0 Å². The van der Waals surface area contributed by atoms with Crippen molar-refractivity contribution >= 4 is 25.8 Å². The lowest BCUT2D eigenvalue weighted by Gasteiger charge is -2.25. The van der Waals surface area contributed by atoms with E-state index in [1.165, 1.54) is 10.9 Å². The first kappa shape index (κ1) is 13.9. The molecule has 8 heteroatoms. The van der Waals surface area contributed by atoms with Gasteiger partial charge in [0.1, 0.15) is 5.69 Å². The number of hydrogen-bond acceptors (Lipinski definition) is 3. The molecule has 0 saturated carbocycles. The highest BCUT2D eigenvalue weighted by molar-refractivity contribution is 9.08. The lowest BCUT2D eigenvalue weighted by Crippen LogP contribution is -2.34. The first-order valence-corrected chi connectivity index (χ1v) is 8.35. The molecule has 0 radical (unpaired) electrons. The third kappa shape index (κ3) is 2.32. The molecule has 1 aliphatic heterocycles. The highest BCUT2D eigenvalue weighted by atomic mass is 79.9. The molecule has 2 rings (SSSR count). The van der Waals surface area contributed by atoms with Crippen LogP contribution in [-0.2, 0) is 20.7 Å². The van der Waals surface area contributed by atoms with Gasteiger partial charge >= 0.3 is 0 Å². The molecule has 1 aromatic heterocycles. The zero-order valence-electron chi connectivity index (χ0n) is 9.74. The van der Waals surface area contributed by atoms with E-state index in [1.807, 2.05) is 0 Å². The fraction of sp³-hybridized carbons (Fsp3) is 0.700. The second-order valence-electron chi connectivity index (χ2n) is 4.74. The summed E-state index contributed by atoms with van der Waals surface area (Å²) in [5, 5.41) is 4.24. The van der Waals surface area contributed by atoms with Gasteiger partial charge in [0.25, 0.3) is 6.43 Å². The number of alkyl halides is 3. The van der Waals surface area contributed by atoms with E-state index in [2.05, 4.69) is 21.0 Å². The van der Waals surface area contributed by atoms with Crippen LogP contribution in [0.5, 0.6) is 0 Å². The molecule has 1 fully saturated rings. The maximum atomic E-state index is 13.1. The molecule has 0 spiro atoms. The third-order valence-electron chi connectivity index (χ3n) is 3.23. The Hall–Kier alpha value is -0.500. The molecule has 1 saturated heterocycles. The number of sulfone groups is 1. The van der Waals surface area contributed by atoms with Gasteiger partial charge < -0.3 is 0 Å². The number of aromatic nitrogens is 2. The van der Waals surface area contributed by atoms with E-state index in [0.29, 0.717) is 12.0 Å². The van der Waals surface area contributed by atoms with Crippen molar-refractivity contribution in [2.45, 2.75) is 30.6 Å². The van der Waals surface area contributed by atoms with Crippen molar-refractivity contribution in [1.82, 2.24) is 9.78 Å². The van der Waals surface area contributed by atoms with Crippen LogP contribution in [0.3, 0.4) is 0 Å². The van der Waals surface area contributed by atoms with E-state index in [4.69, 9.17) is 0 Å². The normalized spacial score (nSPS) is 26.9. The monoisotopic (exact) mass is 342 g/mol. The van der Waals surface area contributed by atoms with Crippen molar-refractivity contribution in [2.75, 3.05) is 11.5 Å². The third-order valence-corrected chi connectivity index (χ3v) is 5.72. The van der Waals surface area contributed by atoms with Crippen LogP contribution in [0.4, 0.5) is 8.78 Å². The van der Waals surface area contributed by atoms with Crippen LogP contribution < -0.4 is 0 Å². The first-order chi connectivity index (χ1) is 8.29. The van der Waals surface area contributed by atoms with Crippen molar-refractivity contribution < 1.29 is 17.2 Å². The summed E-state index contributed by atoms with van der Waals surface area (Å²) in [6.07, 6.45) is -0.981. The maximum Gasteiger partial charge on any atom is 0.280 e. The van der Waals surface area contributed by atoms with E-state index in [-0.39, 0.29) is 22.5 Å². The molecule has 0 N–H and O–H groups in total. The molecule has 4 nitrogen and oxygen atoms in total. The summed E-state index contributed by atoms with van der Waals surface area (Å²) in [5.41, 5.74) is -0.660. The Morgan fingerprint density at radius 1 is 1.61 bits per heavy atom. The highest BCUT2D eigenvalue weighted by Crippen LogP contribution is 2.35. The molecular formula is C10H13BrF2N2O2S. The van der Waals surface area contributed by atoms with Gasteiger partial charge in [-0.05, 0) is 13.3 Å². The Kier molecular flexibility index (Phi) is 3.52. The maximum absolute atomic E-state index is 13.1. The highest BCUT2D eigenvalue weighted by Gasteiger charge is 2.43. The number of nitrogens with zero attached hydrogens (tertiary/aromatic N) is 2. The SMILES string of the molecule is CC1(n2ncc(CBr)c2C(F)F)CCS(=O)(=O)C1. The lowest BCUT2D eigenvalue weighted by atomic mass is 10.0. The molecule has 0 amide bonds. The Bertz CT molecular complexity index is 558. The van der Waals surface area contributed by atoms with Gasteiger partial charge in [-0.2, -0.15) is 5.10 Å². The van der Waals surface area contributed by atoms with Crippen molar-refractivity contribution in [3.8, 4) is 0 Å².